The highest BCUT2D eigenvalue weighted by molar-refractivity contribution is 6.21. The molecule has 0 atom stereocenters. The number of unbranched alkanes of at least 4 members (excludes halogenated alkanes) is 12. The summed E-state index contributed by atoms with van der Waals surface area (Å²) in [7, 11) is 0. The third kappa shape index (κ3) is 8.00. The average Bonchev–Trinajstić information content (AvgIpc) is 2.95. The molecular weight excluding hydrogens is 366 g/mol. The SMILES string of the molecule is O=C(O)CCCCCCCCCCCCCCCN1C(=O)c2ccccc2C1=O. The quantitative estimate of drug-likeness (QED) is 0.279. The highest BCUT2D eigenvalue weighted by atomic mass is 16.4. The summed E-state index contributed by atoms with van der Waals surface area (Å²) < 4.78 is 0. The normalized spacial score (nSPS) is 13.2. The van der Waals surface area contributed by atoms with Crippen molar-refractivity contribution in [3.05, 3.63) is 35.4 Å². The van der Waals surface area contributed by atoms with Crippen molar-refractivity contribution in [1.29, 1.82) is 0 Å². The molecule has 0 saturated heterocycles. The molecule has 0 fully saturated rings. The van der Waals surface area contributed by atoms with E-state index in [-0.39, 0.29) is 11.8 Å². The standard InChI is InChI=1S/C24H35NO4/c26-22(27)18-12-10-8-6-4-2-1-3-5-7-9-11-15-19-25-23(28)20-16-13-14-17-21(20)24(25)29/h13-14,16-17H,1-12,15,18-19H2,(H,26,27). The van der Waals surface area contributed by atoms with Crippen LogP contribution in [0.4, 0.5) is 0 Å². The molecule has 0 spiro atoms. The number of carboxylic acid groups (broad SMARTS) is 1. The van der Waals surface area contributed by atoms with Gasteiger partial charge in [0.15, 0.2) is 0 Å². The summed E-state index contributed by atoms with van der Waals surface area (Å²) >= 11 is 0. The van der Waals surface area contributed by atoms with E-state index in [1.807, 2.05) is 0 Å². The maximum absolute atomic E-state index is 12.3. The van der Waals surface area contributed by atoms with Crippen molar-refractivity contribution in [1.82, 2.24) is 4.90 Å². The number of rotatable bonds is 16. The van der Waals surface area contributed by atoms with Gasteiger partial charge in [-0.15, -0.1) is 0 Å². The lowest BCUT2D eigenvalue weighted by Crippen LogP contribution is -2.30. The molecule has 1 aromatic carbocycles. The van der Waals surface area contributed by atoms with E-state index in [0.717, 1.165) is 38.5 Å². The Morgan fingerprint density at radius 1 is 0.655 bits per heavy atom. The average molecular weight is 402 g/mol. The van der Waals surface area contributed by atoms with Crippen molar-refractivity contribution in [2.24, 2.45) is 0 Å². The van der Waals surface area contributed by atoms with Crippen LogP contribution in [0.2, 0.25) is 0 Å². The second-order valence-corrected chi connectivity index (χ2v) is 8.05. The van der Waals surface area contributed by atoms with Crippen LogP contribution in [-0.2, 0) is 4.79 Å². The first-order valence-corrected chi connectivity index (χ1v) is 11.3. The second kappa shape index (κ2) is 13.1. The first-order chi connectivity index (χ1) is 14.1. The molecule has 5 nitrogen and oxygen atoms in total. The summed E-state index contributed by atoms with van der Waals surface area (Å²) in [6, 6.07) is 7.07. The number of carboxylic acids is 1. The van der Waals surface area contributed by atoms with E-state index < -0.39 is 5.97 Å². The molecule has 2 amide bonds. The van der Waals surface area contributed by atoms with Crippen LogP contribution >= 0.6 is 0 Å². The van der Waals surface area contributed by atoms with Crippen LogP contribution < -0.4 is 0 Å². The van der Waals surface area contributed by atoms with Crippen LogP contribution in [0.3, 0.4) is 0 Å². The fourth-order valence-corrected chi connectivity index (χ4v) is 3.93. The topological polar surface area (TPSA) is 74.7 Å². The van der Waals surface area contributed by atoms with Gasteiger partial charge in [-0.3, -0.25) is 19.3 Å². The van der Waals surface area contributed by atoms with Gasteiger partial charge in [0.1, 0.15) is 0 Å². The monoisotopic (exact) mass is 401 g/mol. The van der Waals surface area contributed by atoms with E-state index in [9.17, 15) is 14.4 Å². The van der Waals surface area contributed by atoms with Gasteiger partial charge in [0.05, 0.1) is 11.1 Å². The molecule has 29 heavy (non-hydrogen) atoms. The van der Waals surface area contributed by atoms with E-state index in [1.165, 1.54) is 49.8 Å². The van der Waals surface area contributed by atoms with Crippen molar-refractivity contribution in [2.45, 2.75) is 89.9 Å². The first-order valence-electron chi connectivity index (χ1n) is 11.3. The Kier molecular flexibility index (Phi) is 10.5. The zero-order chi connectivity index (χ0) is 20.9. The van der Waals surface area contributed by atoms with Crippen molar-refractivity contribution in [2.75, 3.05) is 6.54 Å². The summed E-state index contributed by atoms with van der Waals surface area (Å²) in [6.45, 7) is 0.527. The zero-order valence-corrected chi connectivity index (χ0v) is 17.5. The lowest BCUT2D eigenvalue weighted by atomic mass is 10.0. The second-order valence-electron chi connectivity index (χ2n) is 8.05. The summed E-state index contributed by atoms with van der Waals surface area (Å²) in [6.07, 6.45) is 15.2. The van der Waals surface area contributed by atoms with Crippen LogP contribution in [0.5, 0.6) is 0 Å². The number of carbonyl (C=O) groups excluding carboxylic acids is 2. The highest BCUT2D eigenvalue weighted by Gasteiger charge is 2.34. The molecular formula is C24H35NO4. The number of benzene rings is 1. The van der Waals surface area contributed by atoms with E-state index in [4.69, 9.17) is 5.11 Å². The van der Waals surface area contributed by atoms with E-state index >= 15 is 0 Å². The maximum Gasteiger partial charge on any atom is 0.303 e. The zero-order valence-electron chi connectivity index (χ0n) is 17.5. The lowest BCUT2D eigenvalue weighted by molar-refractivity contribution is -0.137. The summed E-state index contributed by atoms with van der Waals surface area (Å²) in [4.78, 5) is 36.4. The number of hydrogen-bond donors (Lipinski definition) is 1. The first kappa shape index (κ1) is 23.1. The molecule has 1 aliphatic heterocycles. The van der Waals surface area contributed by atoms with Crippen LogP contribution in [-0.4, -0.2) is 34.3 Å². The molecule has 0 bridgehead atoms. The number of amides is 2. The number of aliphatic carboxylic acids is 1. The van der Waals surface area contributed by atoms with Gasteiger partial charge < -0.3 is 5.11 Å². The molecule has 2 rings (SSSR count). The highest BCUT2D eigenvalue weighted by Crippen LogP contribution is 2.23. The Morgan fingerprint density at radius 3 is 1.45 bits per heavy atom. The number of carbonyl (C=O) groups is 3. The van der Waals surface area contributed by atoms with Gasteiger partial charge in [0.25, 0.3) is 11.8 Å². The van der Waals surface area contributed by atoms with Gasteiger partial charge >= 0.3 is 5.97 Å². The molecule has 160 valence electrons. The molecule has 0 unspecified atom stereocenters. The van der Waals surface area contributed by atoms with Crippen LogP contribution in [0.15, 0.2) is 24.3 Å². The molecule has 1 N–H and O–H groups in total. The van der Waals surface area contributed by atoms with Crippen LogP contribution in [0.1, 0.15) is 111 Å². The molecule has 0 radical (unpaired) electrons. The van der Waals surface area contributed by atoms with Gasteiger partial charge in [-0.25, -0.2) is 0 Å². The predicted octanol–water partition coefficient (Wildman–Crippen LogP) is 5.83. The molecule has 1 aliphatic rings. The van der Waals surface area contributed by atoms with Crippen molar-refractivity contribution >= 4 is 17.8 Å². The molecule has 0 aromatic heterocycles. The minimum absolute atomic E-state index is 0.146. The summed E-state index contributed by atoms with van der Waals surface area (Å²) in [5, 5.41) is 8.58. The fourth-order valence-electron chi connectivity index (χ4n) is 3.93. The molecule has 0 aliphatic carbocycles. The Labute approximate surface area is 174 Å². The predicted molar refractivity (Wildman–Crippen MR) is 114 cm³/mol. The Hall–Kier alpha value is -2.17. The Morgan fingerprint density at radius 2 is 1.03 bits per heavy atom. The molecule has 1 heterocycles. The van der Waals surface area contributed by atoms with E-state index in [0.29, 0.717) is 24.1 Å². The third-order valence-electron chi connectivity index (χ3n) is 5.65. The number of nitrogens with zero attached hydrogens (tertiary/aromatic N) is 1. The molecule has 1 aromatic rings. The van der Waals surface area contributed by atoms with Gasteiger partial charge in [-0.2, -0.15) is 0 Å². The summed E-state index contributed by atoms with van der Waals surface area (Å²) in [5.41, 5.74) is 1.08. The lowest BCUT2D eigenvalue weighted by Gasteiger charge is -2.13. The van der Waals surface area contributed by atoms with Crippen molar-refractivity contribution < 1.29 is 19.5 Å². The Bertz CT molecular complexity index is 636. The van der Waals surface area contributed by atoms with E-state index in [1.54, 1.807) is 24.3 Å². The minimum atomic E-state index is -0.686. The fraction of sp³-hybridized carbons (Fsp3) is 0.625. The number of fused-ring (bicyclic) bond motifs is 1. The molecule has 5 heteroatoms. The van der Waals surface area contributed by atoms with Crippen molar-refractivity contribution in [3.63, 3.8) is 0 Å². The minimum Gasteiger partial charge on any atom is -0.481 e. The maximum atomic E-state index is 12.3. The van der Waals surface area contributed by atoms with Gasteiger partial charge in [0, 0.05) is 13.0 Å². The van der Waals surface area contributed by atoms with Crippen LogP contribution in [0, 0.1) is 0 Å². The van der Waals surface area contributed by atoms with E-state index in [2.05, 4.69) is 0 Å². The number of hydrogen-bond acceptors (Lipinski definition) is 3. The van der Waals surface area contributed by atoms with Crippen molar-refractivity contribution in [3.8, 4) is 0 Å². The van der Waals surface area contributed by atoms with Gasteiger partial charge in [-0.1, -0.05) is 82.8 Å². The smallest absolute Gasteiger partial charge is 0.303 e. The van der Waals surface area contributed by atoms with Gasteiger partial charge in [-0.05, 0) is 25.0 Å². The largest absolute Gasteiger partial charge is 0.481 e. The number of imide groups is 1. The van der Waals surface area contributed by atoms with Gasteiger partial charge in [0.2, 0.25) is 0 Å². The van der Waals surface area contributed by atoms with Crippen LogP contribution in [0.25, 0.3) is 0 Å². The summed E-state index contributed by atoms with van der Waals surface area (Å²) in [5.74, 6) is -0.978. The molecule has 0 saturated carbocycles. The third-order valence-corrected chi connectivity index (χ3v) is 5.65. The Balaban J connectivity index is 1.39.